The molecule has 1 aromatic rings. The molecule has 0 bridgehead atoms. The van der Waals surface area contributed by atoms with Crippen LogP contribution in [0.3, 0.4) is 0 Å². The molecule has 23 heavy (non-hydrogen) atoms. The molecule has 0 saturated carbocycles. The zero-order valence-electron chi connectivity index (χ0n) is 12.3. The molecule has 1 amide bonds. The smallest absolute Gasteiger partial charge is 0.416 e. The molecule has 0 saturated heterocycles. The first-order chi connectivity index (χ1) is 10.6. The Morgan fingerprint density at radius 2 is 1.91 bits per heavy atom. The van der Waals surface area contributed by atoms with Gasteiger partial charge in [0.05, 0.1) is 12.0 Å². The number of hydrogen-bond acceptors (Lipinski definition) is 3. The van der Waals surface area contributed by atoms with E-state index < -0.39 is 29.7 Å². The molecule has 0 aliphatic carbocycles. The summed E-state index contributed by atoms with van der Waals surface area (Å²) in [6.45, 7) is 1.30. The van der Waals surface area contributed by atoms with Gasteiger partial charge >= 0.3 is 12.1 Å². The number of hydrogen-bond donors (Lipinski definition) is 2. The van der Waals surface area contributed by atoms with Crippen molar-refractivity contribution in [1.82, 2.24) is 5.32 Å². The van der Waals surface area contributed by atoms with Gasteiger partial charge in [-0.15, -0.1) is 0 Å². The van der Waals surface area contributed by atoms with Gasteiger partial charge in [0, 0.05) is 6.42 Å². The summed E-state index contributed by atoms with van der Waals surface area (Å²) < 4.78 is 37.8. The molecule has 2 N–H and O–H groups in total. The molecule has 0 aliphatic heterocycles. The number of rotatable bonds is 7. The average molecular weight is 331 g/mol. The minimum absolute atomic E-state index is 0.0131. The van der Waals surface area contributed by atoms with Gasteiger partial charge < -0.3 is 15.2 Å². The Morgan fingerprint density at radius 3 is 2.43 bits per heavy atom. The Hall–Kier alpha value is -2.38. The third-order valence-electron chi connectivity index (χ3n) is 3.04. The third kappa shape index (κ3) is 6.50. The Balaban J connectivity index is 2.71. The van der Waals surface area contributed by atoms with Crippen LogP contribution in [0.15, 0.2) is 24.3 Å². The van der Waals surface area contributed by atoms with Crippen LogP contribution in [0.2, 0.25) is 0 Å². The van der Waals surface area contributed by atoms with E-state index in [2.05, 4.69) is 5.32 Å². The van der Waals surface area contributed by atoms with Crippen LogP contribution in [-0.2, 0) is 27.0 Å². The highest BCUT2D eigenvalue weighted by Gasteiger charge is 2.30. The lowest BCUT2D eigenvalue weighted by molar-refractivity contribution is -0.142. The molecule has 5 nitrogen and oxygen atoms in total. The van der Waals surface area contributed by atoms with E-state index in [1.165, 1.54) is 19.1 Å². The average Bonchev–Trinajstić information content (AvgIpc) is 2.42. The van der Waals surface area contributed by atoms with Gasteiger partial charge in [0.25, 0.3) is 0 Å². The first-order valence-corrected chi connectivity index (χ1v) is 6.77. The van der Waals surface area contributed by atoms with Gasteiger partial charge in [-0.05, 0) is 25.0 Å². The first kappa shape index (κ1) is 18.7. The lowest BCUT2D eigenvalue weighted by Crippen LogP contribution is -2.41. The van der Waals surface area contributed by atoms with Gasteiger partial charge in [-0.1, -0.05) is 18.2 Å². The van der Waals surface area contributed by atoms with Crippen LogP contribution < -0.4 is 5.32 Å². The largest absolute Gasteiger partial charge is 0.480 e. The van der Waals surface area contributed by atoms with Crippen LogP contribution in [-0.4, -0.2) is 28.8 Å². The number of carboxylic acid groups (broad SMARTS) is 1. The van der Waals surface area contributed by atoms with Crippen molar-refractivity contribution < 1.29 is 32.7 Å². The number of carbonyl (C=O) groups excluding carboxylic acids is 2. The number of carbonyl (C=O) groups is 3. The fraction of sp³-hybridized carbons (Fsp3) is 0.400. The summed E-state index contributed by atoms with van der Waals surface area (Å²) in [5.74, 6) is -2.24. The minimum Gasteiger partial charge on any atom is -0.480 e. The standard InChI is InChI=1S/C15H16F3NO4/c1-9(20)5-6-12(14(22)23)19-13(21)8-10-3-2-4-11(7-10)15(16,17)18/h2-4,7,12H,5-6,8H2,1H3,(H,19,21)(H,22,23)/t12-/m1/s1. The van der Waals surface area contributed by atoms with Crippen molar-refractivity contribution >= 4 is 17.7 Å². The van der Waals surface area contributed by atoms with Crippen LogP contribution in [0.5, 0.6) is 0 Å². The van der Waals surface area contributed by atoms with Gasteiger partial charge in [-0.3, -0.25) is 4.79 Å². The topological polar surface area (TPSA) is 83.5 Å². The van der Waals surface area contributed by atoms with Gasteiger partial charge in [-0.25, -0.2) is 4.79 Å². The Morgan fingerprint density at radius 1 is 1.26 bits per heavy atom. The molecule has 0 unspecified atom stereocenters. The second-order valence-electron chi connectivity index (χ2n) is 5.07. The van der Waals surface area contributed by atoms with Crippen molar-refractivity contribution in [2.75, 3.05) is 0 Å². The van der Waals surface area contributed by atoms with Gasteiger partial charge in [0.15, 0.2) is 0 Å². The van der Waals surface area contributed by atoms with Gasteiger partial charge in [-0.2, -0.15) is 13.2 Å². The van der Waals surface area contributed by atoms with E-state index in [1.807, 2.05) is 0 Å². The highest BCUT2D eigenvalue weighted by Crippen LogP contribution is 2.29. The maximum absolute atomic E-state index is 12.6. The molecule has 1 atom stereocenters. The molecule has 0 fully saturated rings. The maximum Gasteiger partial charge on any atom is 0.416 e. The van der Waals surface area contributed by atoms with Crippen molar-refractivity contribution in [2.45, 2.75) is 38.4 Å². The minimum atomic E-state index is -4.52. The molecular weight excluding hydrogens is 315 g/mol. The lowest BCUT2D eigenvalue weighted by atomic mass is 10.1. The summed E-state index contributed by atoms with van der Waals surface area (Å²) in [6.07, 6.45) is -4.98. The summed E-state index contributed by atoms with van der Waals surface area (Å²) in [5.41, 5.74) is -0.762. The van der Waals surface area contributed by atoms with Crippen molar-refractivity contribution in [2.24, 2.45) is 0 Å². The van der Waals surface area contributed by atoms with Crippen LogP contribution in [0, 0.1) is 0 Å². The summed E-state index contributed by atoms with van der Waals surface area (Å²) in [7, 11) is 0. The molecule has 0 aliphatic rings. The zero-order chi connectivity index (χ0) is 17.6. The van der Waals surface area contributed by atoms with E-state index >= 15 is 0 Å². The molecule has 0 aromatic heterocycles. The fourth-order valence-electron chi connectivity index (χ4n) is 1.89. The number of Topliss-reactive ketones (excluding diaryl/α,β-unsaturated/α-hetero) is 1. The van der Waals surface area contributed by atoms with Crippen LogP contribution in [0.4, 0.5) is 13.2 Å². The number of nitrogens with one attached hydrogen (secondary N) is 1. The Bertz CT molecular complexity index is 599. The molecule has 0 radical (unpaired) electrons. The second-order valence-corrected chi connectivity index (χ2v) is 5.07. The van der Waals surface area contributed by atoms with E-state index in [4.69, 9.17) is 5.11 Å². The van der Waals surface area contributed by atoms with Crippen LogP contribution in [0.1, 0.15) is 30.9 Å². The summed E-state index contributed by atoms with van der Waals surface area (Å²) in [5, 5.41) is 11.2. The normalized spacial score (nSPS) is 12.5. The van der Waals surface area contributed by atoms with Crippen molar-refractivity contribution in [3.05, 3.63) is 35.4 Å². The van der Waals surface area contributed by atoms with Crippen LogP contribution in [0.25, 0.3) is 0 Å². The number of benzene rings is 1. The van der Waals surface area contributed by atoms with E-state index in [0.29, 0.717) is 0 Å². The highest BCUT2D eigenvalue weighted by atomic mass is 19.4. The number of aliphatic carboxylic acids is 1. The molecule has 126 valence electrons. The summed E-state index contributed by atoms with van der Waals surface area (Å²) >= 11 is 0. The third-order valence-corrected chi connectivity index (χ3v) is 3.04. The van der Waals surface area contributed by atoms with E-state index in [9.17, 15) is 27.6 Å². The highest BCUT2D eigenvalue weighted by molar-refractivity contribution is 5.85. The Labute approximate surface area is 130 Å². The SMILES string of the molecule is CC(=O)CC[C@@H](NC(=O)Cc1cccc(C(F)(F)F)c1)C(=O)O. The molecule has 1 rings (SSSR count). The number of ketones is 1. The van der Waals surface area contributed by atoms with Crippen molar-refractivity contribution in [3.63, 3.8) is 0 Å². The number of halogens is 3. The number of alkyl halides is 3. The van der Waals surface area contributed by atoms with E-state index in [1.54, 1.807) is 0 Å². The second kappa shape index (κ2) is 7.75. The summed E-state index contributed by atoms with van der Waals surface area (Å²) in [4.78, 5) is 33.7. The molecule has 1 aromatic carbocycles. The predicted octanol–water partition coefficient (Wildman–Crippen LogP) is 2.19. The number of carboxylic acids is 1. The summed E-state index contributed by atoms with van der Waals surface area (Å²) in [6, 6.07) is 2.99. The monoisotopic (exact) mass is 331 g/mol. The molecule has 8 heteroatoms. The van der Waals surface area contributed by atoms with E-state index in [-0.39, 0.29) is 30.6 Å². The van der Waals surface area contributed by atoms with Crippen LogP contribution >= 0.6 is 0 Å². The van der Waals surface area contributed by atoms with Crippen molar-refractivity contribution in [3.8, 4) is 0 Å². The van der Waals surface area contributed by atoms with E-state index in [0.717, 1.165) is 12.1 Å². The molecule has 0 heterocycles. The fourth-order valence-corrected chi connectivity index (χ4v) is 1.89. The number of amides is 1. The quantitative estimate of drug-likeness (QED) is 0.802. The first-order valence-electron chi connectivity index (χ1n) is 6.77. The molecular formula is C15H16F3NO4. The Kier molecular flexibility index (Phi) is 6.29. The molecule has 0 spiro atoms. The predicted molar refractivity (Wildman–Crippen MR) is 74.6 cm³/mol. The zero-order valence-corrected chi connectivity index (χ0v) is 12.3. The van der Waals surface area contributed by atoms with Gasteiger partial charge in [0.2, 0.25) is 5.91 Å². The lowest BCUT2D eigenvalue weighted by Gasteiger charge is -2.14. The van der Waals surface area contributed by atoms with Gasteiger partial charge in [0.1, 0.15) is 11.8 Å². The van der Waals surface area contributed by atoms with Crippen molar-refractivity contribution in [1.29, 1.82) is 0 Å². The maximum atomic E-state index is 12.6.